The highest BCUT2D eigenvalue weighted by atomic mass is 32.1. The van der Waals surface area contributed by atoms with E-state index in [1.54, 1.807) is 6.92 Å². The molecule has 1 unspecified atom stereocenters. The number of aldehydes is 1. The van der Waals surface area contributed by atoms with Crippen molar-refractivity contribution in [3.8, 4) is 0 Å². The van der Waals surface area contributed by atoms with E-state index in [2.05, 4.69) is 0 Å². The first-order valence-electron chi connectivity index (χ1n) is 2.96. The third-order valence-electron chi connectivity index (χ3n) is 1.30. The number of carbonyl (C=O) groups excluding carboxylic acids is 1. The largest absolute Gasteiger partial charge is 0.315 e. The normalized spacial score (nSPS) is 16.2. The summed E-state index contributed by atoms with van der Waals surface area (Å²) in [4.78, 5) is 11.3. The fourth-order valence-electron chi connectivity index (χ4n) is 0.643. The minimum atomic E-state index is -0.797. The predicted molar refractivity (Wildman–Crippen MR) is 41.9 cm³/mol. The van der Waals surface area contributed by atoms with Crippen LogP contribution in [0.1, 0.15) is 11.8 Å². The maximum atomic E-state index is 10.4. The second kappa shape index (κ2) is 2.52. The van der Waals surface area contributed by atoms with Crippen LogP contribution < -0.4 is 5.73 Å². The van der Waals surface area contributed by atoms with Crippen molar-refractivity contribution in [2.24, 2.45) is 5.73 Å². The molecule has 0 spiro atoms. The molecule has 0 bridgehead atoms. The van der Waals surface area contributed by atoms with Crippen molar-refractivity contribution in [2.75, 3.05) is 0 Å². The lowest BCUT2D eigenvalue weighted by Crippen LogP contribution is -2.33. The average molecular weight is 155 g/mol. The van der Waals surface area contributed by atoms with Crippen molar-refractivity contribution in [1.82, 2.24) is 0 Å². The maximum absolute atomic E-state index is 10.4. The van der Waals surface area contributed by atoms with Crippen LogP contribution in [0.4, 0.5) is 0 Å². The van der Waals surface area contributed by atoms with Crippen LogP contribution in [-0.2, 0) is 10.3 Å². The molecule has 0 aliphatic carbocycles. The summed E-state index contributed by atoms with van der Waals surface area (Å²) in [7, 11) is 0. The highest BCUT2D eigenvalue weighted by Gasteiger charge is 2.20. The topological polar surface area (TPSA) is 43.1 Å². The van der Waals surface area contributed by atoms with Gasteiger partial charge in [-0.1, -0.05) is 6.07 Å². The van der Waals surface area contributed by atoms with Crippen LogP contribution >= 0.6 is 11.3 Å². The Hall–Kier alpha value is -0.670. The standard InChI is InChI=1S/C7H9NOS/c1-7(8,5-9)6-3-2-4-10-6/h2-5H,8H2,1H3. The van der Waals surface area contributed by atoms with Crippen molar-refractivity contribution in [3.63, 3.8) is 0 Å². The van der Waals surface area contributed by atoms with Gasteiger partial charge in [0.2, 0.25) is 0 Å². The lowest BCUT2D eigenvalue weighted by atomic mass is 10.1. The molecule has 0 saturated heterocycles. The average Bonchev–Trinajstić information content (AvgIpc) is 2.38. The zero-order valence-electron chi connectivity index (χ0n) is 5.70. The van der Waals surface area contributed by atoms with Gasteiger partial charge in [0.15, 0.2) is 0 Å². The van der Waals surface area contributed by atoms with E-state index < -0.39 is 5.54 Å². The molecule has 0 fully saturated rings. The van der Waals surface area contributed by atoms with Gasteiger partial charge in [0, 0.05) is 4.88 Å². The summed E-state index contributed by atoms with van der Waals surface area (Å²) in [6.45, 7) is 1.70. The van der Waals surface area contributed by atoms with E-state index in [0.29, 0.717) is 0 Å². The van der Waals surface area contributed by atoms with Crippen molar-refractivity contribution in [1.29, 1.82) is 0 Å². The zero-order valence-corrected chi connectivity index (χ0v) is 6.52. The van der Waals surface area contributed by atoms with Crippen molar-refractivity contribution in [3.05, 3.63) is 22.4 Å². The Kier molecular flexibility index (Phi) is 1.87. The first kappa shape index (κ1) is 7.44. The van der Waals surface area contributed by atoms with Gasteiger partial charge in [0.05, 0.1) is 0 Å². The molecular formula is C7H9NOS. The van der Waals surface area contributed by atoms with Crippen LogP contribution in [0.15, 0.2) is 17.5 Å². The molecule has 54 valence electrons. The molecule has 2 N–H and O–H groups in total. The van der Waals surface area contributed by atoms with Gasteiger partial charge in [-0.25, -0.2) is 0 Å². The molecule has 0 aliphatic heterocycles. The van der Waals surface area contributed by atoms with E-state index in [9.17, 15) is 4.79 Å². The van der Waals surface area contributed by atoms with Crippen LogP contribution in [0.25, 0.3) is 0 Å². The molecule has 1 heterocycles. The number of nitrogens with two attached hydrogens (primary N) is 1. The summed E-state index contributed by atoms with van der Waals surface area (Å²) in [6.07, 6.45) is 0.763. The van der Waals surface area contributed by atoms with E-state index in [4.69, 9.17) is 5.73 Å². The first-order valence-corrected chi connectivity index (χ1v) is 3.84. The summed E-state index contributed by atoms with van der Waals surface area (Å²) in [6, 6.07) is 3.74. The maximum Gasteiger partial charge on any atom is 0.144 e. The summed E-state index contributed by atoms with van der Waals surface area (Å²) in [5.74, 6) is 0. The monoisotopic (exact) mass is 155 g/mol. The summed E-state index contributed by atoms with van der Waals surface area (Å²) < 4.78 is 0. The third kappa shape index (κ3) is 1.25. The molecule has 1 aromatic rings. The van der Waals surface area contributed by atoms with Gasteiger partial charge in [-0.05, 0) is 18.4 Å². The first-order chi connectivity index (χ1) is 4.67. The number of rotatable bonds is 2. The smallest absolute Gasteiger partial charge is 0.144 e. The number of hydrogen-bond donors (Lipinski definition) is 1. The third-order valence-corrected chi connectivity index (χ3v) is 2.42. The van der Waals surface area contributed by atoms with Gasteiger partial charge < -0.3 is 10.5 Å². The molecule has 1 aromatic heterocycles. The van der Waals surface area contributed by atoms with Gasteiger partial charge >= 0.3 is 0 Å². The zero-order chi connectivity index (χ0) is 7.61. The number of hydrogen-bond acceptors (Lipinski definition) is 3. The molecule has 0 saturated carbocycles. The molecule has 1 atom stereocenters. The van der Waals surface area contributed by atoms with E-state index in [0.717, 1.165) is 11.2 Å². The Balaban J connectivity index is 2.95. The van der Waals surface area contributed by atoms with Gasteiger partial charge in [-0.2, -0.15) is 0 Å². The predicted octanol–water partition coefficient (Wildman–Crippen LogP) is 1.12. The van der Waals surface area contributed by atoms with Gasteiger partial charge in [0.1, 0.15) is 11.8 Å². The minimum absolute atomic E-state index is 0.763. The molecule has 10 heavy (non-hydrogen) atoms. The molecule has 0 aliphatic rings. The highest BCUT2D eigenvalue weighted by molar-refractivity contribution is 7.10. The number of thiophene rings is 1. The molecule has 1 rings (SSSR count). The van der Waals surface area contributed by atoms with Crippen LogP contribution in [0.2, 0.25) is 0 Å². The van der Waals surface area contributed by atoms with Crippen molar-refractivity contribution >= 4 is 17.6 Å². The van der Waals surface area contributed by atoms with Gasteiger partial charge in [-0.15, -0.1) is 11.3 Å². The molecule has 0 amide bonds. The second-order valence-corrected chi connectivity index (χ2v) is 3.33. The van der Waals surface area contributed by atoms with E-state index in [-0.39, 0.29) is 0 Å². The molecule has 0 radical (unpaired) electrons. The summed E-state index contributed by atoms with van der Waals surface area (Å²) in [5, 5.41) is 1.91. The minimum Gasteiger partial charge on any atom is -0.315 e. The van der Waals surface area contributed by atoms with Crippen molar-refractivity contribution in [2.45, 2.75) is 12.5 Å². The van der Waals surface area contributed by atoms with Gasteiger partial charge in [-0.3, -0.25) is 0 Å². The Labute approximate surface area is 63.7 Å². The lowest BCUT2D eigenvalue weighted by molar-refractivity contribution is -0.111. The SMILES string of the molecule is CC(N)(C=O)c1cccs1. The molecule has 2 nitrogen and oxygen atoms in total. The highest BCUT2D eigenvalue weighted by Crippen LogP contribution is 2.20. The Morgan fingerprint density at radius 1 is 1.80 bits per heavy atom. The van der Waals surface area contributed by atoms with Crippen LogP contribution in [0.5, 0.6) is 0 Å². The quantitative estimate of drug-likeness (QED) is 0.650. The Morgan fingerprint density at radius 2 is 2.50 bits per heavy atom. The van der Waals surface area contributed by atoms with Gasteiger partial charge in [0.25, 0.3) is 0 Å². The summed E-state index contributed by atoms with van der Waals surface area (Å²) >= 11 is 1.50. The van der Waals surface area contributed by atoms with E-state index in [1.807, 2.05) is 17.5 Å². The second-order valence-electron chi connectivity index (χ2n) is 2.38. The Bertz CT molecular complexity index is 216. The van der Waals surface area contributed by atoms with Crippen LogP contribution in [0, 0.1) is 0 Å². The fourth-order valence-corrected chi connectivity index (χ4v) is 1.41. The molecular weight excluding hydrogens is 146 g/mol. The lowest BCUT2D eigenvalue weighted by Gasteiger charge is -2.13. The summed E-state index contributed by atoms with van der Waals surface area (Å²) in [5.41, 5.74) is 4.83. The molecule has 0 aromatic carbocycles. The fraction of sp³-hybridized carbons (Fsp3) is 0.286. The van der Waals surface area contributed by atoms with E-state index in [1.165, 1.54) is 11.3 Å². The van der Waals surface area contributed by atoms with Crippen LogP contribution in [0.3, 0.4) is 0 Å². The van der Waals surface area contributed by atoms with Crippen LogP contribution in [-0.4, -0.2) is 6.29 Å². The van der Waals surface area contributed by atoms with Crippen molar-refractivity contribution < 1.29 is 4.79 Å². The number of carbonyl (C=O) groups is 1. The Morgan fingerprint density at radius 3 is 2.90 bits per heavy atom. The molecule has 3 heteroatoms. The van der Waals surface area contributed by atoms with E-state index >= 15 is 0 Å².